The van der Waals surface area contributed by atoms with Crippen LogP contribution in [0.1, 0.15) is 23.7 Å². The summed E-state index contributed by atoms with van der Waals surface area (Å²) in [5, 5.41) is 0. The molecule has 0 atom stereocenters. The van der Waals surface area contributed by atoms with Crippen LogP contribution in [0.5, 0.6) is 23.0 Å². The molecule has 28 heavy (non-hydrogen) atoms. The summed E-state index contributed by atoms with van der Waals surface area (Å²) in [6.07, 6.45) is 0.911. The van der Waals surface area contributed by atoms with E-state index in [0.717, 1.165) is 23.2 Å². The highest BCUT2D eigenvalue weighted by Crippen LogP contribution is 2.37. The fourth-order valence-electron chi connectivity index (χ4n) is 3.07. The molecular weight excluding hydrogens is 380 g/mol. The summed E-state index contributed by atoms with van der Waals surface area (Å²) in [5.41, 5.74) is 1.39. The van der Waals surface area contributed by atoms with Gasteiger partial charge in [0.15, 0.2) is 16.3 Å². The Bertz CT molecular complexity index is 1090. The number of fused-ring (bicyclic) bond motifs is 2. The van der Waals surface area contributed by atoms with Crippen LogP contribution in [-0.4, -0.2) is 31.5 Å². The summed E-state index contributed by atoms with van der Waals surface area (Å²) in [4.78, 5) is 17.9. The largest absolute Gasteiger partial charge is 0.497 e. The highest BCUT2D eigenvalue weighted by Gasteiger charge is 2.18. The van der Waals surface area contributed by atoms with Gasteiger partial charge >= 0.3 is 0 Å². The fraction of sp³-hybridized carbons (Fsp3) is 0.300. The number of carbonyl (C=O) groups excluding carboxylic acids is 1. The van der Waals surface area contributed by atoms with Crippen molar-refractivity contribution in [1.29, 1.82) is 0 Å². The number of ether oxygens (including phenoxy) is 4. The second-order valence-corrected chi connectivity index (χ2v) is 7.24. The van der Waals surface area contributed by atoms with Crippen molar-refractivity contribution in [3.8, 4) is 23.0 Å². The first-order chi connectivity index (χ1) is 13.6. The third-order valence-corrected chi connectivity index (χ3v) is 5.46. The minimum atomic E-state index is -0.353. The van der Waals surface area contributed by atoms with Crippen LogP contribution < -0.4 is 23.7 Å². The highest BCUT2D eigenvalue weighted by molar-refractivity contribution is 7.16. The molecule has 2 aromatic carbocycles. The zero-order valence-corrected chi connectivity index (χ0v) is 16.7. The summed E-state index contributed by atoms with van der Waals surface area (Å²) in [7, 11) is 3.09. The van der Waals surface area contributed by atoms with E-state index < -0.39 is 0 Å². The molecule has 2 heterocycles. The first-order valence-electron chi connectivity index (χ1n) is 8.88. The lowest BCUT2D eigenvalue weighted by atomic mass is 10.2. The van der Waals surface area contributed by atoms with E-state index in [2.05, 4.69) is 11.9 Å². The lowest BCUT2D eigenvalue weighted by Crippen LogP contribution is -2.17. The van der Waals surface area contributed by atoms with Gasteiger partial charge in [0.05, 0.1) is 24.4 Å². The zero-order valence-electron chi connectivity index (χ0n) is 15.9. The van der Waals surface area contributed by atoms with E-state index in [-0.39, 0.29) is 12.7 Å². The van der Waals surface area contributed by atoms with Crippen LogP contribution in [0.2, 0.25) is 0 Å². The van der Waals surface area contributed by atoms with Crippen LogP contribution in [0.25, 0.3) is 10.2 Å². The van der Waals surface area contributed by atoms with Crippen molar-refractivity contribution >= 4 is 27.5 Å². The Balaban J connectivity index is 1.82. The summed E-state index contributed by atoms with van der Waals surface area (Å²) in [6.45, 7) is 3.06. The maximum absolute atomic E-state index is 12.9. The van der Waals surface area contributed by atoms with Crippen molar-refractivity contribution < 1.29 is 23.7 Å². The lowest BCUT2D eigenvalue weighted by molar-refractivity contribution is 0.0997. The molecule has 0 unspecified atom stereocenters. The van der Waals surface area contributed by atoms with E-state index in [1.807, 2.05) is 16.7 Å². The zero-order chi connectivity index (χ0) is 19.7. The number of hydrogen-bond acceptors (Lipinski definition) is 6. The molecule has 0 saturated heterocycles. The topological polar surface area (TPSA) is 71.3 Å². The average Bonchev–Trinajstić information content (AvgIpc) is 3.30. The monoisotopic (exact) mass is 400 g/mol. The first-order valence-corrected chi connectivity index (χ1v) is 9.69. The molecule has 7 nitrogen and oxygen atoms in total. The lowest BCUT2D eigenvalue weighted by Gasteiger charge is -2.06. The van der Waals surface area contributed by atoms with Gasteiger partial charge in [0.2, 0.25) is 6.79 Å². The summed E-state index contributed by atoms with van der Waals surface area (Å²) >= 11 is 1.45. The van der Waals surface area contributed by atoms with Crippen molar-refractivity contribution in [3.05, 3.63) is 40.7 Å². The number of hydrogen-bond donors (Lipinski definition) is 0. The van der Waals surface area contributed by atoms with Gasteiger partial charge < -0.3 is 23.5 Å². The molecule has 146 valence electrons. The van der Waals surface area contributed by atoms with Crippen LogP contribution in [0.4, 0.5) is 0 Å². The Labute approximate surface area is 165 Å². The van der Waals surface area contributed by atoms with Gasteiger partial charge in [-0.3, -0.25) is 4.79 Å². The van der Waals surface area contributed by atoms with Gasteiger partial charge in [-0.05, 0) is 18.6 Å². The van der Waals surface area contributed by atoms with Crippen molar-refractivity contribution in [3.63, 3.8) is 0 Å². The molecular formula is C20H20N2O5S. The Hall–Kier alpha value is -3.00. The molecule has 0 radical (unpaired) electrons. The molecule has 0 fully saturated rings. The molecule has 0 N–H and O–H groups in total. The van der Waals surface area contributed by atoms with Gasteiger partial charge in [0.25, 0.3) is 5.91 Å². The quantitative estimate of drug-likeness (QED) is 0.654. The van der Waals surface area contributed by atoms with E-state index in [1.54, 1.807) is 32.4 Å². The Morgan fingerprint density at radius 1 is 1.11 bits per heavy atom. The predicted molar refractivity (Wildman–Crippen MR) is 106 cm³/mol. The summed E-state index contributed by atoms with van der Waals surface area (Å²) < 4.78 is 24.5. The van der Waals surface area contributed by atoms with E-state index >= 15 is 0 Å². The predicted octanol–water partition coefficient (Wildman–Crippen LogP) is 3.60. The molecule has 1 aliphatic heterocycles. The van der Waals surface area contributed by atoms with Crippen molar-refractivity contribution in [2.45, 2.75) is 19.9 Å². The molecule has 4 rings (SSSR count). The third-order valence-electron chi connectivity index (χ3n) is 4.42. The second-order valence-electron chi connectivity index (χ2n) is 6.23. The van der Waals surface area contributed by atoms with Gasteiger partial charge in [0, 0.05) is 30.3 Å². The second kappa shape index (κ2) is 7.55. The molecule has 1 amide bonds. The molecule has 0 aliphatic carbocycles. The molecule has 0 bridgehead atoms. The third kappa shape index (κ3) is 3.31. The van der Waals surface area contributed by atoms with Crippen LogP contribution in [0.15, 0.2) is 35.3 Å². The van der Waals surface area contributed by atoms with Crippen molar-refractivity contribution in [2.75, 3.05) is 21.0 Å². The van der Waals surface area contributed by atoms with Gasteiger partial charge in [-0.1, -0.05) is 18.3 Å². The van der Waals surface area contributed by atoms with E-state index in [4.69, 9.17) is 18.9 Å². The maximum Gasteiger partial charge on any atom is 0.279 e. The van der Waals surface area contributed by atoms with Crippen LogP contribution in [0, 0.1) is 0 Å². The number of methoxy groups -OCH3 is 2. The first kappa shape index (κ1) is 18.4. The van der Waals surface area contributed by atoms with Crippen LogP contribution >= 0.6 is 11.3 Å². The number of rotatable bonds is 5. The van der Waals surface area contributed by atoms with Gasteiger partial charge in [0.1, 0.15) is 11.5 Å². The normalized spacial score (nSPS) is 13.2. The smallest absolute Gasteiger partial charge is 0.279 e. The van der Waals surface area contributed by atoms with Crippen molar-refractivity contribution in [2.24, 2.45) is 4.99 Å². The Kier molecular flexibility index (Phi) is 4.95. The number of benzene rings is 2. The minimum absolute atomic E-state index is 0.230. The SMILES string of the molecule is CCCn1c(=NC(=O)c2cc(OC)cc(OC)c2)sc2cc3c(cc21)OCO3. The fourth-order valence-corrected chi connectivity index (χ4v) is 4.13. The summed E-state index contributed by atoms with van der Waals surface area (Å²) in [6, 6.07) is 8.91. The van der Waals surface area contributed by atoms with Crippen LogP contribution in [-0.2, 0) is 6.54 Å². The number of aryl methyl sites for hydroxylation is 1. The van der Waals surface area contributed by atoms with E-state index in [1.165, 1.54) is 11.3 Å². The van der Waals surface area contributed by atoms with E-state index in [0.29, 0.717) is 33.4 Å². The number of carbonyl (C=O) groups is 1. The number of thiazole rings is 1. The highest BCUT2D eigenvalue weighted by atomic mass is 32.1. The molecule has 0 spiro atoms. The van der Waals surface area contributed by atoms with Crippen molar-refractivity contribution in [1.82, 2.24) is 4.57 Å². The van der Waals surface area contributed by atoms with Gasteiger partial charge in [-0.15, -0.1) is 0 Å². The van der Waals surface area contributed by atoms with Gasteiger partial charge in [-0.25, -0.2) is 0 Å². The Morgan fingerprint density at radius 3 is 2.43 bits per heavy atom. The molecule has 3 aromatic rings. The summed E-state index contributed by atoms with van der Waals surface area (Å²) in [5.74, 6) is 2.16. The minimum Gasteiger partial charge on any atom is -0.497 e. The number of amides is 1. The molecule has 8 heteroatoms. The standard InChI is InChI=1S/C20H20N2O5S/c1-4-5-22-15-9-16-17(27-11-26-16)10-18(15)28-20(22)21-19(23)12-6-13(24-2)8-14(7-12)25-3/h6-10H,4-5,11H2,1-3H3. The molecule has 0 saturated carbocycles. The molecule has 1 aromatic heterocycles. The number of aromatic nitrogens is 1. The number of nitrogens with zero attached hydrogens (tertiary/aromatic N) is 2. The Morgan fingerprint density at radius 2 is 1.79 bits per heavy atom. The van der Waals surface area contributed by atoms with Crippen LogP contribution in [0.3, 0.4) is 0 Å². The average molecular weight is 400 g/mol. The van der Waals surface area contributed by atoms with Gasteiger partial charge in [-0.2, -0.15) is 4.99 Å². The maximum atomic E-state index is 12.9. The van der Waals surface area contributed by atoms with E-state index in [9.17, 15) is 4.79 Å². The molecule has 1 aliphatic rings.